The Bertz CT molecular complexity index is 510. The number of allylic oxidation sites excluding steroid dienone is 4. The Morgan fingerprint density at radius 3 is 1.62 bits per heavy atom. The van der Waals surface area contributed by atoms with Gasteiger partial charge in [0, 0.05) is 0 Å². The van der Waals surface area contributed by atoms with Crippen LogP contribution in [0.15, 0.2) is 36.4 Å². The molecule has 0 nitrogen and oxygen atoms in total. The van der Waals surface area contributed by atoms with Gasteiger partial charge in [0.2, 0.25) is 0 Å². The minimum Gasteiger partial charge on any atom is -1.00 e. The van der Waals surface area contributed by atoms with E-state index in [0.29, 0.717) is 0 Å². The topological polar surface area (TPSA) is 0 Å². The molecule has 0 aromatic heterocycles. The largest absolute Gasteiger partial charge is 1.00 e. The molecule has 4 heteroatoms. The predicted molar refractivity (Wildman–Crippen MR) is 74.7 cm³/mol. The Balaban J connectivity index is 0. The van der Waals surface area contributed by atoms with Gasteiger partial charge in [-0.05, 0) is 0 Å². The molecule has 0 spiro atoms. The quantitative estimate of drug-likeness (QED) is 0.457. The molecule has 1 aromatic rings. The van der Waals surface area contributed by atoms with E-state index < -0.39 is 0 Å². The fraction of sp³-hybridized carbons (Fsp3) is 0.412. The van der Waals surface area contributed by atoms with Gasteiger partial charge in [-0.25, -0.2) is 0 Å². The Hall–Kier alpha value is 0.284. The summed E-state index contributed by atoms with van der Waals surface area (Å²) in [6, 6.07) is 4.60. The van der Waals surface area contributed by atoms with Crippen molar-refractivity contribution < 1.29 is 57.7 Å². The van der Waals surface area contributed by atoms with Crippen LogP contribution in [0.1, 0.15) is 36.1 Å². The molecule has 0 saturated carbocycles. The molecule has 114 valence electrons. The molecule has 0 atom stereocenters. The van der Waals surface area contributed by atoms with E-state index in [1.165, 1.54) is 22.3 Å². The van der Waals surface area contributed by atoms with Gasteiger partial charge < -0.3 is 37.2 Å². The maximum Gasteiger partial charge on any atom is -1.00 e. The third-order valence-corrected chi connectivity index (χ3v) is 5.66. The Morgan fingerprint density at radius 1 is 0.857 bits per heavy atom. The van der Waals surface area contributed by atoms with Crippen LogP contribution >= 0.6 is 0 Å². The molecule has 2 rings (SSSR count). The fourth-order valence-corrected chi connectivity index (χ4v) is 3.76. The minimum absolute atomic E-state index is 0. The van der Waals surface area contributed by atoms with Crippen LogP contribution in [0.25, 0.3) is 0 Å². The monoisotopic (exact) mass is 378 g/mol. The summed E-state index contributed by atoms with van der Waals surface area (Å²) in [6.07, 6.45) is 8.98. The molecule has 0 aliphatic heterocycles. The van der Waals surface area contributed by atoms with Crippen LogP contribution in [0.2, 0.25) is 3.72 Å². The fourth-order valence-electron chi connectivity index (χ4n) is 3.26. The van der Waals surface area contributed by atoms with Crippen molar-refractivity contribution in [2.24, 2.45) is 0 Å². The normalized spacial score (nSPS) is 15.0. The number of benzene rings is 1. The summed E-state index contributed by atoms with van der Waals surface area (Å²) in [4.78, 5) is 0. The van der Waals surface area contributed by atoms with Gasteiger partial charge >= 0.3 is 123 Å². The molecular weight excluding hydrogens is 358 g/mol. The predicted octanol–water partition coefficient (Wildman–Crippen LogP) is -4.27. The van der Waals surface area contributed by atoms with Gasteiger partial charge in [0.05, 0.1) is 0 Å². The van der Waals surface area contributed by atoms with Crippen LogP contribution < -0.4 is 37.2 Å². The number of aryl methyl sites for hydroxylation is 3. The summed E-state index contributed by atoms with van der Waals surface area (Å²) in [6.45, 7) is 11.4. The first kappa shape index (κ1) is 23.5. The zero-order valence-corrected chi connectivity index (χ0v) is 16.9. The van der Waals surface area contributed by atoms with Crippen LogP contribution in [0, 0.1) is 20.8 Å². The van der Waals surface area contributed by atoms with Crippen LogP contribution in [0.5, 0.6) is 0 Å². The maximum atomic E-state index is 2.36. The number of hydrogen-bond acceptors (Lipinski definition) is 0. The van der Waals surface area contributed by atoms with E-state index in [0.717, 1.165) is 0 Å². The van der Waals surface area contributed by atoms with Gasteiger partial charge in [-0.15, -0.1) is 0 Å². The third kappa shape index (κ3) is 4.18. The van der Waals surface area contributed by atoms with Crippen molar-refractivity contribution in [3.8, 4) is 0 Å². The van der Waals surface area contributed by atoms with E-state index in [4.69, 9.17) is 0 Å². The number of halogens is 3. The molecular formula is C17H21Cl3Ti. The van der Waals surface area contributed by atoms with E-state index in [2.05, 4.69) is 91.5 Å². The molecule has 0 fully saturated rings. The molecule has 21 heavy (non-hydrogen) atoms. The Kier molecular flexibility index (Phi) is 9.22. The Morgan fingerprint density at radius 2 is 1.24 bits per heavy atom. The van der Waals surface area contributed by atoms with Gasteiger partial charge in [0.25, 0.3) is 0 Å². The number of rotatable bonds is 2. The van der Waals surface area contributed by atoms with E-state index in [1.807, 2.05) is 0 Å². The zero-order valence-electron chi connectivity index (χ0n) is 13.1. The summed E-state index contributed by atoms with van der Waals surface area (Å²) in [5, 5.41) is 0. The van der Waals surface area contributed by atoms with Crippen molar-refractivity contribution in [2.75, 3.05) is 0 Å². The summed E-state index contributed by atoms with van der Waals surface area (Å²) in [5.74, 6) is 0. The van der Waals surface area contributed by atoms with Crippen LogP contribution in [0.4, 0.5) is 0 Å². The standard InChI is InChI=1S/C17H21.3ClH.Ti/c1-12-10-13(2)16(14(3)11-12)17(4,5)15-8-6-7-9-15;;;;/h6-11H,1-5H3;3*1H;/q;;;;+3/p-3. The Labute approximate surface area is 159 Å². The second-order valence-electron chi connectivity index (χ2n) is 5.99. The first-order valence-electron chi connectivity index (χ1n) is 6.48. The molecule has 1 aromatic carbocycles. The molecule has 0 heterocycles. The van der Waals surface area contributed by atoms with Crippen molar-refractivity contribution >= 4 is 0 Å². The average molecular weight is 380 g/mol. The molecule has 0 radical (unpaired) electrons. The van der Waals surface area contributed by atoms with Crippen molar-refractivity contribution in [1.29, 1.82) is 0 Å². The second kappa shape index (κ2) is 8.22. The van der Waals surface area contributed by atoms with Crippen molar-refractivity contribution in [2.45, 2.75) is 43.8 Å². The van der Waals surface area contributed by atoms with E-state index in [9.17, 15) is 0 Å². The van der Waals surface area contributed by atoms with Gasteiger partial charge in [-0.1, -0.05) is 0 Å². The summed E-state index contributed by atoms with van der Waals surface area (Å²) >= 11 is 2.33. The van der Waals surface area contributed by atoms with E-state index in [1.54, 1.807) is 0 Å². The zero-order chi connectivity index (χ0) is 13.6. The third-order valence-electron chi connectivity index (χ3n) is 4.17. The van der Waals surface area contributed by atoms with E-state index >= 15 is 0 Å². The van der Waals surface area contributed by atoms with Gasteiger partial charge in [-0.3, -0.25) is 0 Å². The van der Waals surface area contributed by atoms with E-state index in [-0.39, 0.29) is 46.4 Å². The summed E-state index contributed by atoms with van der Waals surface area (Å²) in [5.41, 5.74) is 5.78. The SMILES string of the molecule is Cc1cc(C)c(C(C)(C)[C]2([Ti+3])C=CC=C2)c(C)c1.[Cl-].[Cl-].[Cl-]. The molecule has 1 aliphatic carbocycles. The first-order chi connectivity index (χ1) is 8.28. The molecule has 1 aliphatic rings. The molecule has 0 saturated heterocycles. The van der Waals surface area contributed by atoms with Gasteiger partial charge in [0.1, 0.15) is 0 Å². The minimum atomic E-state index is 0. The summed E-state index contributed by atoms with van der Waals surface area (Å²) in [7, 11) is 0. The number of hydrogen-bond donors (Lipinski definition) is 0. The van der Waals surface area contributed by atoms with Crippen LogP contribution in [-0.4, -0.2) is 0 Å². The van der Waals surface area contributed by atoms with Crippen LogP contribution in [-0.2, 0) is 25.9 Å². The van der Waals surface area contributed by atoms with Crippen molar-refractivity contribution in [1.82, 2.24) is 0 Å². The van der Waals surface area contributed by atoms with Gasteiger partial charge in [-0.2, -0.15) is 0 Å². The molecule has 0 unspecified atom stereocenters. The second-order valence-corrected chi connectivity index (χ2v) is 7.28. The van der Waals surface area contributed by atoms with Crippen molar-refractivity contribution in [3.63, 3.8) is 0 Å². The molecule has 0 N–H and O–H groups in total. The average Bonchev–Trinajstić information content (AvgIpc) is 2.64. The molecule has 0 amide bonds. The summed E-state index contributed by atoms with van der Waals surface area (Å²) < 4.78 is 0.109. The van der Waals surface area contributed by atoms with Crippen molar-refractivity contribution in [3.05, 3.63) is 58.7 Å². The van der Waals surface area contributed by atoms with Gasteiger partial charge in [0.15, 0.2) is 0 Å². The molecule has 0 bridgehead atoms. The van der Waals surface area contributed by atoms with Crippen LogP contribution in [0.3, 0.4) is 0 Å². The first-order valence-corrected chi connectivity index (χ1v) is 7.26. The maximum absolute atomic E-state index is 2.36. The smallest absolute Gasteiger partial charge is 1.00 e.